The van der Waals surface area contributed by atoms with Gasteiger partial charge < -0.3 is 5.73 Å². The van der Waals surface area contributed by atoms with Gasteiger partial charge in [0, 0.05) is 6.04 Å². The zero-order valence-corrected chi connectivity index (χ0v) is 5.65. The van der Waals surface area contributed by atoms with Gasteiger partial charge in [-0.25, -0.2) is 0 Å². The Morgan fingerprint density at radius 2 is 2.11 bits per heavy atom. The van der Waals surface area contributed by atoms with E-state index in [0.717, 1.165) is 31.6 Å². The lowest BCUT2D eigenvalue weighted by atomic mass is 9.78. The zero-order chi connectivity index (χ0) is 6.69. The Bertz CT molecular complexity index is 79.0. The minimum absolute atomic E-state index is 0.161. The van der Waals surface area contributed by atoms with Gasteiger partial charge in [0.25, 0.3) is 0 Å². The van der Waals surface area contributed by atoms with E-state index in [1.807, 2.05) is 0 Å². The summed E-state index contributed by atoms with van der Waals surface area (Å²) in [6.07, 6.45) is 4.03. The summed E-state index contributed by atoms with van der Waals surface area (Å²) in [5, 5.41) is 0. The summed E-state index contributed by atoms with van der Waals surface area (Å²) in [6.45, 7) is -0.161. The predicted molar refractivity (Wildman–Crippen MR) is 35.9 cm³/mol. The van der Waals surface area contributed by atoms with Crippen LogP contribution in [0.1, 0.15) is 25.7 Å². The Balaban J connectivity index is 1.91. The first-order valence-electron chi connectivity index (χ1n) is 3.64. The maximum absolute atomic E-state index is 11.6. The third-order valence-corrected chi connectivity index (χ3v) is 2.02. The van der Waals surface area contributed by atoms with E-state index in [9.17, 15) is 4.39 Å². The fourth-order valence-corrected chi connectivity index (χ4v) is 1.39. The van der Waals surface area contributed by atoms with E-state index in [4.69, 9.17) is 5.73 Å². The standard InChI is InChI=1S/C7H14FN/c8-3-1-2-6-4-7(9)5-6/h6-7H,1-5,9H2. The van der Waals surface area contributed by atoms with Crippen LogP contribution in [0.2, 0.25) is 0 Å². The molecule has 0 heterocycles. The third kappa shape index (κ3) is 1.94. The van der Waals surface area contributed by atoms with Crippen LogP contribution >= 0.6 is 0 Å². The zero-order valence-electron chi connectivity index (χ0n) is 5.65. The lowest BCUT2D eigenvalue weighted by molar-refractivity contribution is 0.237. The van der Waals surface area contributed by atoms with Gasteiger partial charge in [-0.1, -0.05) is 0 Å². The predicted octanol–water partition coefficient (Wildman–Crippen LogP) is 1.47. The van der Waals surface area contributed by atoms with Gasteiger partial charge in [0.1, 0.15) is 0 Å². The van der Waals surface area contributed by atoms with Crippen molar-refractivity contribution in [2.24, 2.45) is 11.7 Å². The molecule has 1 aliphatic carbocycles. The van der Waals surface area contributed by atoms with Crippen LogP contribution in [0.25, 0.3) is 0 Å². The van der Waals surface area contributed by atoms with Crippen LogP contribution in [0.3, 0.4) is 0 Å². The van der Waals surface area contributed by atoms with E-state index < -0.39 is 0 Å². The molecule has 1 aliphatic rings. The number of alkyl halides is 1. The SMILES string of the molecule is NC1CC(CCCF)C1. The number of hydrogen-bond acceptors (Lipinski definition) is 1. The quantitative estimate of drug-likeness (QED) is 0.616. The highest BCUT2D eigenvalue weighted by atomic mass is 19.1. The molecule has 0 aromatic carbocycles. The molecule has 0 aromatic heterocycles. The van der Waals surface area contributed by atoms with Gasteiger partial charge in [-0.2, -0.15) is 0 Å². The molecular weight excluding hydrogens is 117 g/mol. The van der Waals surface area contributed by atoms with Crippen molar-refractivity contribution < 1.29 is 4.39 Å². The highest BCUT2D eigenvalue weighted by Crippen LogP contribution is 2.29. The number of hydrogen-bond donors (Lipinski definition) is 1. The van der Waals surface area contributed by atoms with Crippen LogP contribution in [0.4, 0.5) is 4.39 Å². The highest BCUT2D eigenvalue weighted by Gasteiger charge is 2.24. The van der Waals surface area contributed by atoms with Gasteiger partial charge in [-0.3, -0.25) is 4.39 Å². The number of halogens is 1. The maximum Gasteiger partial charge on any atom is 0.0894 e. The van der Waals surface area contributed by atoms with Crippen molar-refractivity contribution in [2.45, 2.75) is 31.7 Å². The fourth-order valence-electron chi connectivity index (χ4n) is 1.39. The van der Waals surface area contributed by atoms with Crippen molar-refractivity contribution in [3.63, 3.8) is 0 Å². The van der Waals surface area contributed by atoms with Crippen LogP contribution in [-0.2, 0) is 0 Å². The van der Waals surface area contributed by atoms with Crippen molar-refractivity contribution in [1.29, 1.82) is 0 Å². The molecule has 0 bridgehead atoms. The first-order chi connectivity index (χ1) is 4.33. The molecule has 1 saturated carbocycles. The molecule has 1 fully saturated rings. The minimum Gasteiger partial charge on any atom is -0.328 e. The summed E-state index contributed by atoms with van der Waals surface area (Å²) in [5.74, 6) is 0.746. The summed E-state index contributed by atoms with van der Waals surface area (Å²) in [5.41, 5.74) is 5.55. The lowest BCUT2D eigenvalue weighted by Gasteiger charge is -2.32. The van der Waals surface area contributed by atoms with Crippen LogP contribution in [-0.4, -0.2) is 12.7 Å². The monoisotopic (exact) mass is 131 g/mol. The van der Waals surface area contributed by atoms with E-state index in [-0.39, 0.29) is 6.67 Å². The lowest BCUT2D eigenvalue weighted by Crippen LogP contribution is -2.36. The van der Waals surface area contributed by atoms with Gasteiger partial charge in [0.15, 0.2) is 0 Å². The smallest absolute Gasteiger partial charge is 0.0894 e. The van der Waals surface area contributed by atoms with E-state index in [1.54, 1.807) is 0 Å². The van der Waals surface area contributed by atoms with Gasteiger partial charge in [0.2, 0.25) is 0 Å². The van der Waals surface area contributed by atoms with Gasteiger partial charge in [0.05, 0.1) is 6.67 Å². The second-order valence-corrected chi connectivity index (χ2v) is 2.93. The summed E-state index contributed by atoms with van der Waals surface area (Å²) >= 11 is 0. The largest absolute Gasteiger partial charge is 0.328 e. The topological polar surface area (TPSA) is 26.0 Å². The number of nitrogens with two attached hydrogens (primary N) is 1. The maximum atomic E-state index is 11.6. The van der Waals surface area contributed by atoms with Crippen molar-refractivity contribution in [3.8, 4) is 0 Å². The van der Waals surface area contributed by atoms with Crippen molar-refractivity contribution >= 4 is 0 Å². The molecule has 0 unspecified atom stereocenters. The molecule has 0 aliphatic heterocycles. The molecule has 2 N–H and O–H groups in total. The molecule has 1 rings (SSSR count). The summed E-state index contributed by atoms with van der Waals surface area (Å²) in [6, 6.07) is 0.426. The first kappa shape index (κ1) is 7.00. The minimum atomic E-state index is -0.161. The normalized spacial score (nSPS) is 34.0. The first-order valence-corrected chi connectivity index (χ1v) is 3.64. The molecule has 2 heteroatoms. The second-order valence-electron chi connectivity index (χ2n) is 2.93. The van der Waals surface area contributed by atoms with Crippen LogP contribution < -0.4 is 5.73 Å². The molecule has 0 radical (unpaired) electrons. The molecule has 0 spiro atoms. The molecule has 0 aromatic rings. The molecule has 54 valence electrons. The highest BCUT2D eigenvalue weighted by molar-refractivity contribution is 4.81. The van der Waals surface area contributed by atoms with E-state index >= 15 is 0 Å². The van der Waals surface area contributed by atoms with Crippen molar-refractivity contribution in [3.05, 3.63) is 0 Å². The molecule has 9 heavy (non-hydrogen) atoms. The Hall–Kier alpha value is -0.110. The summed E-state index contributed by atoms with van der Waals surface area (Å²) in [4.78, 5) is 0. The molecule has 0 saturated heterocycles. The summed E-state index contributed by atoms with van der Waals surface area (Å²) < 4.78 is 11.6. The number of rotatable bonds is 3. The molecule has 0 atom stereocenters. The Morgan fingerprint density at radius 1 is 1.44 bits per heavy atom. The molecule has 0 amide bonds. The molecule has 1 nitrogen and oxygen atoms in total. The van der Waals surface area contributed by atoms with E-state index in [2.05, 4.69) is 0 Å². The third-order valence-electron chi connectivity index (χ3n) is 2.02. The molecular formula is C7H14FN. The Morgan fingerprint density at radius 3 is 2.56 bits per heavy atom. The Labute approximate surface area is 55.4 Å². The fraction of sp³-hybridized carbons (Fsp3) is 1.00. The van der Waals surface area contributed by atoms with E-state index in [1.165, 1.54) is 0 Å². The Kier molecular flexibility index (Phi) is 2.46. The van der Waals surface area contributed by atoms with Crippen LogP contribution in [0.15, 0.2) is 0 Å². The van der Waals surface area contributed by atoms with Crippen LogP contribution in [0, 0.1) is 5.92 Å². The van der Waals surface area contributed by atoms with Crippen LogP contribution in [0.5, 0.6) is 0 Å². The van der Waals surface area contributed by atoms with Gasteiger partial charge in [-0.15, -0.1) is 0 Å². The van der Waals surface area contributed by atoms with E-state index in [0.29, 0.717) is 6.04 Å². The average molecular weight is 131 g/mol. The second kappa shape index (κ2) is 3.16. The van der Waals surface area contributed by atoms with Gasteiger partial charge >= 0.3 is 0 Å². The summed E-state index contributed by atoms with van der Waals surface area (Å²) in [7, 11) is 0. The van der Waals surface area contributed by atoms with Crippen molar-refractivity contribution in [2.75, 3.05) is 6.67 Å². The average Bonchev–Trinajstić information content (AvgIpc) is 1.78. The van der Waals surface area contributed by atoms with Crippen molar-refractivity contribution in [1.82, 2.24) is 0 Å². The van der Waals surface area contributed by atoms with Gasteiger partial charge in [-0.05, 0) is 31.6 Å².